The van der Waals surface area contributed by atoms with Crippen LogP contribution in [0.5, 0.6) is 0 Å². The molecule has 2 unspecified atom stereocenters. The van der Waals surface area contributed by atoms with Gasteiger partial charge in [0.25, 0.3) is 0 Å². The van der Waals surface area contributed by atoms with Gasteiger partial charge < -0.3 is 5.32 Å². The van der Waals surface area contributed by atoms with E-state index in [4.69, 9.17) is 0 Å². The number of rotatable bonds is 1. The zero-order valence-corrected chi connectivity index (χ0v) is 11.7. The molecule has 2 atom stereocenters. The maximum absolute atomic E-state index is 12.6. The lowest BCUT2D eigenvalue weighted by molar-refractivity contribution is -0.117. The monoisotopic (exact) mass is 281 g/mol. The van der Waals surface area contributed by atoms with E-state index in [9.17, 15) is 4.79 Å². The first-order chi connectivity index (χ1) is 10.2. The second kappa shape index (κ2) is 4.51. The van der Waals surface area contributed by atoms with Crippen molar-refractivity contribution in [3.8, 4) is 0 Å². The van der Waals surface area contributed by atoms with Crippen molar-refractivity contribution < 1.29 is 4.79 Å². The van der Waals surface area contributed by atoms with Gasteiger partial charge in [0.1, 0.15) is 12.4 Å². The van der Waals surface area contributed by atoms with Crippen molar-refractivity contribution in [2.75, 3.05) is 5.32 Å². The van der Waals surface area contributed by atoms with Crippen LogP contribution in [0, 0.1) is 5.92 Å². The van der Waals surface area contributed by atoms with E-state index < -0.39 is 0 Å². The number of carbonyl (C=O) groups is 1. The zero-order valence-electron chi connectivity index (χ0n) is 11.7. The van der Waals surface area contributed by atoms with Crippen LogP contribution in [-0.2, 0) is 4.79 Å². The Morgan fingerprint density at radius 2 is 2.29 bits per heavy atom. The zero-order chi connectivity index (χ0) is 14.4. The highest BCUT2D eigenvalue weighted by Gasteiger charge is 2.37. The van der Waals surface area contributed by atoms with Crippen molar-refractivity contribution in [3.05, 3.63) is 47.7 Å². The van der Waals surface area contributed by atoms with Gasteiger partial charge in [0.05, 0.1) is 0 Å². The van der Waals surface area contributed by atoms with Crippen molar-refractivity contribution in [1.29, 1.82) is 0 Å². The highest BCUT2D eigenvalue weighted by Crippen LogP contribution is 2.40. The summed E-state index contributed by atoms with van der Waals surface area (Å²) in [6.45, 7) is 2.10. The van der Waals surface area contributed by atoms with Gasteiger partial charge in [-0.1, -0.05) is 13.0 Å². The number of allylic oxidation sites excluding steroid dienone is 2. The number of Topliss-reactive ketones (excluding diaryl/α,β-unsaturated/α-hetero) is 1. The summed E-state index contributed by atoms with van der Waals surface area (Å²) in [6.07, 6.45) is 6.48. The first kappa shape index (κ1) is 12.3. The van der Waals surface area contributed by atoms with E-state index in [1.807, 2.05) is 12.1 Å². The van der Waals surface area contributed by atoms with Crippen molar-refractivity contribution in [1.82, 2.24) is 19.7 Å². The van der Waals surface area contributed by atoms with Gasteiger partial charge in [-0.25, -0.2) is 4.68 Å². The maximum atomic E-state index is 12.6. The molecule has 2 aromatic heterocycles. The molecule has 0 saturated carbocycles. The summed E-state index contributed by atoms with van der Waals surface area (Å²) < 4.78 is 1.77. The normalized spacial score (nSPS) is 24.3. The molecule has 0 aromatic carbocycles. The minimum absolute atomic E-state index is 0.186. The highest BCUT2D eigenvalue weighted by atomic mass is 16.1. The number of nitrogens with zero attached hydrogens (tertiary/aromatic N) is 4. The molecule has 2 aromatic rings. The van der Waals surface area contributed by atoms with Gasteiger partial charge in [0.2, 0.25) is 5.95 Å². The fraction of sp³-hybridized carbons (Fsp3) is 0.333. The predicted octanol–water partition coefficient (Wildman–Crippen LogP) is 1.94. The van der Waals surface area contributed by atoms with Crippen LogP contribution in [0.25, 0.3) is 0 Å². The molecule has 0 radical (unpaired) electrons. The summed E-state index contributed by atoms with van der Waals surface area (Å²) in [4.78, 5) is 21.0. The summed E-state index contributed by atoms with van der Waals surface area (Å²) in [5.41, 5.74) is 2.74. The molecular formula is C15H15N5O. The van der Waals surface area contributed by atoms with E-state index in [1.165, 1.54) is 6.33 Å². The third-order valence-electron chi connectivity index (χ3n) is 4.07. The first-order valence-electron chi connectivity index (χ1n) is 7.06. The molecule has 0 saturated heterocycles. The van der Waals surface area contributed by atoms with Crippen LogP contribution in [0.4, 0.5) is 5.95 Å². The third-order valence-corrected chi connectivity index (χ3v) is 4.07. The Kier molecular flexibility index (Phi) is 2.63. The van der Waals surface area contributed by atoms with Gasteiger partial charge >= 0.3 is 0 Å². The Balaban J connectivity index is 1.91. The molecule has 6 nitrogen and oxygen atoms in total. The number of nitrogens with one attached hydrogen (secondary N) is 1. The van der Waals surface area contributed by atoms with Crippen molar-refractivity contribution >= 4 is 11.7 Å². The lowest BCUT2D eigenvalue weighted by atomic mass is 9.81. The molecule has 1 aliphatic heterocycles. The molecule has 0 fully saturated rings. The minimum Gasteiger partial charge on any atom is -0.328 e. The van der Waals surface area contributed by atoms with Gasteiger partial charge in [-0.15, -0.1) is 0 Å². The van der Waals surface area contributed by atoms with Gasteiger partial charge in [0, 0.05) is 30.1 Å². The van der Waals surface area contributed by atoms with Crippen molar-refractivity contribution in [2.24, 2.45) is 5.92 Å². The Bertz CT molecular complexity index is 734. The molecule has 4 rings (SSSR count). The number of pyridine rings is 1. The number of aromatic nitrogens is 4. The fourth-order valence-electron chi connectivity index (χ4n) is 3.19. The van der Waals surface area contributed by atoms with E-state index in [2.05, 4.69) is 27.3 Å². The average Bonchev–Trinajstić information content (AvgIpc) is 2.93. The standard InChI is InChI=1S/C15H15N5O/c1-9-5-11-13(12(21)6-9)14(10-3-2-4-16-7-10)20-15(19-11)17-8-18-20/h2-4,7-9,14H,5-6H2,1H3,(H,17,18,19). The summed E-state index contributed by atoms with van der Waals surface area (Å²) in [5.74, 6) is 1.23. The molecule has 1 N–H and O–H groups in total. The van der Waals surface area contributed by atoms with Crippen LogP contribution in [0.2, 0.25) is 0 Å². The molecule has 0 amide bonds. The number of fused-ring (bicyclic) bond motifs is 1. The van der Waals surface area contributed by atoms with Crippen LogP contribution in [-0.4, -0.2) is 25.5 Å². The number of carbonyl (C=O) groups excluding carboxylic acids is 1. The number of hydrogen-bond donors (Lipinski definition) is 1. The van der Waals surface area contributed by atoms with Crippen molar-refractivity contribution in [3.63, 3.8) is 0 Å². The molecule has 3 heterocycles. The fourth-order valence-corrected chi connectivity index (χ4v) is 3.19. The Morgan fingerprint density at radius 1 is 1.38 bits per heavy atom. The highest BCUT2D eigenvalue weighted by molar-refractivity contribution is 5.99. The molecular weight excluding hydrogens is 266 g/mol. The average molecular weight is 281 g/mol. The van der Waals surface area contributed by atoms with Gasteiger partial charge in [0.15, 0.2) is 5.78 Å². The van der Waals surface area contributed by atoms with E-state index in [-0.39, 0.29) is 11.8 Å². The lowest BCUT2D eigenvalue weighted by Gasteiger charge is -2.33. The van der Waals surface area contributed by atoms with Crippen LogP contribution < -0.4 is 5.32 Å². The van der Waals surface area contributed by atoms with E-state index >= 15 is 0 Å². The van der Waals surface area contributed by atoms with E-state index in [0.717, 1.165) is 23.3 Å². The number of ketones is 1. The van der Waals surface area contributed by atoms with E-state index in [0.29, 0.717) is 18.3 Å². The largest absolute Gasteiger partial charge is 0.328 e. The van der Waals surface area contributed by atoms with Crippen molar-refractivity contribution in [2.45, 2.75) is 25.8 Å². The number of hydrogen-bond acceptors (Lipinski definition) is 5. The van der Waals surface area contributed by atoms with Crippen LogP contribution in [0.1, 0.15) is 31.4 Å². The second-order valence-electron chi connectivity index (χ2n) is 5.67. The smallest absolute Gasteiger partial charge is 0.226 e. The summed E-state index contributed by atoms with van der Waals surface area (Å²) in [6, 6.07) is 3.63. The second-order valence-corrected chi connectivity index (χ2v) is 5.67. The molecule has 21 heavy (non-hydrogen) atoms. The predicted molar refractivity (Wildman–Crippen MR) is 76.5 cm³/mol. The van der Waals surface area contributed by atoms with Crippen LogP contribution >= 0.6 is 0 Å². The van der Waals surface area contributed by atoms with Gasteiger partial charge in [-0.2, -0.15) is 10.1 Å². The number of anilines is 1. The lowest BCUT2D eigenvalue weighted by Crippen LogP contribution is -2.33. The van der Waals surface area contributed by atoms with Crippen LogP contribution in [0.3, 0.4) is 0 Å². The minimum atomic E-state index is -0.229. The van der Waals surface area contributed by atoms with E-state index in [1.54, 1.807) is 17.1 Å². The first-order valence-corrected chi connectivity index (χ1v) is 7.06. The Morgan fingerprint density at radius 3 is 3.10 bits per heavy atom. The van der Waals surface area contributed by atoms with Gasteiger partial charge in [-0.05, 0) is 24.0 Å². The Labute approximate surface area is 121 Å². The molecule has 0 spiro atoms. The molecule has 106 valence electrons. The molecule has 6 heteroatoms. The SMILES string of the molecule is CC1CC(=O)C2=C(C1)Nc1ncnn1C2c1cccnc1. The molecule has 0 bridgehead atoms. The Hall–Kier alpha value is -2.50. The topological polar surface area (TPSA) is 72.7 Å². The summed E-state index contributed by atoms with van der Waals surface area (Å²) >= 11 is 0. The van der Waals surface area contributed by atoms with Gasteiger partial charge in [-0.3, -0.25) is 9.78 Å². The molecule has 2 aliphatic rings. The maximum Gasteiger partial charge on any atom is 0.226 e. The summed E-state index contributed by atoms with van der Waals surface area (Å²) in [5, 5.41) is 7.56. The third kappa shape index (κ3) is 1.86. The molecule has 1 aliphatic carbocycles. The quantitative estimate of drug-likeness (QED) is 0.864. The van der Waals surface area contributed by atoms with Crippen LogP contribution in [0.15, 0.2) is 42.1 Å². The summed E-state index contributed by atoms with van der Waals surface area (Å²) in [7, 11) is 0.